The molecule has 2 saturated heterocycles. The Kier molecular flexibility index (Phi) is 8.39. The van der Waals surface area contributed by atoms with E-state index in [1.54, 1.807) is 17.2 Å². The zero-order chi connectivity index (χ0) is 31.8. The maximum atomic E-state index is 13.8. The summed E-state index contributed by atoms with van der Waals surface area (Å²) in [4.78, 5) is 31.5. The van der Waals surface area contributed by atoms with Crippen molar-refractivity contribution in [2.75, 3.05) is 26.3 Å². The minimum Gasteiger partial charge on any atom is -0.486 e. The molecule has 1 N–H and O–H groups in total. The summed E-state index contributed by atoms with van der Waals surface area (Å²) >= 11 is 0. The van der Waals surface area contributed by atoms with Crippen molar-refractivity contribution in [2.45, 2.75) is 64.7 Å². The zero-order valence-electron chi connectivity index (χ0n) is 26.3. The number of carbonyl (C=O) groups excluding carboxylic acids is 2. The third-order valence-corrected chi connectivity index (χ3v) is 8.58. The fourth-order valence-electron chi connectivity index (χ4n) is 6.37. The van der Waals surface area contributed by atoms with E-state index in [1.165, 1.54) is 23.9 Å². The van der Waals surface area contributed by atoms with Gasteiger partial charge in [-0.15, -0.1) is 0 Å². The maximum absolute atomic E-state index is 13.8. The lowest BCUT2D eigenvalue weighted by Crippen LogP contribution is -2.62. The van der Waals surface area contributed by atoms with E-state index < -0.39 is 5.60 Å². The molecule has 3 aliphatic rings. The number of allylic oxidation sites excluding steroid dienone is 1. The summed E-state index contributed by atoms with van der Waals surface area (Å²) in [5.74, 6) is 0.0377. The first-order valence-electron chi connectivity index (χ1n) is 15.5. The molecular formula is C36H40FN3O5. The molecule has 8 nitrogen and oxygen atoms in total. The van der Waals surface area contributed by atoms with Crippen LogP contribution in [-0.2, 0) is 9.47 Å². The summed E-state index contributed by atoms with van der Waals surface area (Å²) in [6.45, 7) is 10.1. The van der Waals surface area contributed by atoms with E-state index in [1.807, 2.05) is 52.0 Å². The third kappa shape index (κ3) is 7.04. The number of benzene rings is 2. The Morgan fingerprint density at radius 3 is 2.31 bits per heavy atom. The number of hydrogen-bond donors (Lipinski definition) is 1. The summed E-state index contributed by atoms with van der Waals surface area (Å²) in [5, 5.41) is 3.06. The van der Waals surface area contributed by atoms with E-state index in [9.17, 15) is 14.0 Å². The molecule has 9 heteroatoms. The van der Waals surface area contributed by atoms with Gasteiger partial charge in [0.25, 0.3) is 5.91 Å². The molecule has 1 spiro atoms. The molecule has 2 aliphatic heterocycles. The number of amides is 2. The van der Waals surface area contributed by atoms with Crippen LogP contribution in [0.4, 0.5) is 9.18 Å². The number of nitrogens with zero attached hydrogens (tertiary/aromatic N) is 2. The molecule has 3 fully saturated rings. The lowest BCUT2D eigenvalue weighted by molar-refractivity contribution is -0.0500. The van der Waals surface area contributed by atoms with Crippen LogP contribution >= 0.6 is 0 Å². The van der Waals surface area contributed by atoms with E-state index >= 15 is 0 Å². The van der Waals surface area contributed by atoms with Crippen molar-refractivity contribution >= 4 is 17.6 Å². The average molecular weight is 614 g/mol. The van der Waals surface area contributed by atoms with Crippen molar-refractivity contribution < 1.29 is 28.2 Å². The number of pyridine rings is 1. The Morgan fingerprint density at radius 2 is 1.69 bits per heavy atom. The van der Waals surface area contributed by atoms with Crippen molar-refractivity contribution in [3.8, 4) is 5.75 Å². The Morgan fingerprint density at radius 1 is 1.02 bits per heavy atom. The highest BCUT2D eigenvalue weighted by Gasteiger charge is 2.53. The molecular weight excluding hydrogens is 573 g/mol. The molecule has 2 aromatic carbocycles. The monoisotopic (exact) mass is 613 g/mol. The van der Waals surface area contributed by atoms with Gasteiger partial charge in [0.2, 0.25) is 0 Å². The van der Waals surface area contributed by atoms with Crippen molar-refractivity contribution in [2.24, 2.45) is 5.41 Å². The second kappa shape index (κ2) is 12.3. The van der Waals surface area contributed by atoms with Crippen molar-refractivity contribution in [1.82, 2.24) is 15.2 Å². The van der Waals surface area contributed by atoms with E-state index in [0.29, 0.717) is 37.6 Å². The van der Waals surface area contributed by atoms with Crippen LogP contribution in [0.1, 0.15) is 80.0 Å². The van der Waals surface area contributed by atoms with Gasteiger partial charge in [-0.2, -0.15) is 0 Å². The highest BCUT2D eigenvalue weighted by molar-refractivity contribution is 5.94. The van der Waals surface area contributed by atoms with E-state index in [-0.39, 0.29) is 35.4 Å². The molecule has 1 aromatic heterocycles. The second-order valence-corrected chi connectivity index (χ2v) is 13.5. The van der Waals surface area contributed by atoms with Crippen LogP contribution in [0, 0.1) is 11.2 Å². The van der Waals surface area contributed by atoms with Gasteiger partial charge in [0, 0.05) is 31.1 Å². The van der Waals surface area contributed by atoms with E-state index in [4.69, 9.17) is 14.2 Å². The molecule has 3 aromatic rings. The number of hydrogen-bond acceptors (Lipinski definition) is 6. The fraction of sp³-hybridized carbons (Fsp3) is 0.417. The second-order valence-electron chi connectivity index (χ2n) is 13.5. The Labute approximate surface area is 263 Å². The molecule has 2 atom stereocenters. The molecule has 0 radical (unpaired) electrons. The number of likely N-dealkylation sites (tertiary alicyclic amines) is 1. The summed E-state index contributed by atoms with van der Waals surface area (Å²) in [6.07, 6.45) is 5.41. The van der Waals surface area contributed by atoms with Crippen LogP contribution in [0.25, 0.3) is 5.57 Å². The number of halogens is 1. The van der Waals surface area contributed by atoms with Crippen LogP contribution in [0.2, 0.25) is 0 Å². The first-order valence-corrected chi connectivity index (χ1v) is 15.5. The van der Waals surface area contributed by atoms with E-state index in [0.717, 1.165) is 41.5 Å². The van der Waals surface area contributed by atoms with Gasteiger partial charge in [-0.3, -0.25) is 9.78 Å². The average Bonchev–Trinajstić information content (AvgIpc) is 3.46. The molecule has 236 valence electrons. The number of ether oxygens (including phenoxy) is 3. The van der Waals surface area contributed by atoms with Gasteiger partial charge in [-0.1, -0.05) is 42.0 Å². The molecule has 2 amide bonds. The lowest BCUT2D eigenvalue weighted by Gasteiger charge is -2.57. The topological polar surface area (TPSA) is 90.0 Å². The van der Waals surface area contributed by atoms with Crippen LogP contribution < -0.4 is 10.1 Å². The molecule has 45 heavy (non-hydrogen) atoms. The minimum absolute atomic E-state index is 0.0246. The van der Waals surface area contributed by atoms with Gasteiger partial charge in [-0.05, 0) is 81.0 Å². The van der Waals surface area contributed by atoms with Crippen LogP contribution in [0.5, 0.6) is 5.75 Å². The molecule has 0 bridgehead atoms. The van der Waals surface area contributed by atoms with Gasteiger partial charge in [0.15, 0.2) is 0 Å². The molecule has 6 rings (SSSR count). The first kappa shape index (κ1) is 30.8. The van der Waals surface area contributed by atoms with Crippen molar-refractivity contribution in [3.05, 3.63) is 101 Å². The summed E-state index contributed by atoms with van der Waals surface area (Å²) in [6, 6.07) is 16.2. The van der Waals surface area contributed by atoms with Crippen molar-refractivity contribution in [1.29, 1.82) is 0 Å². The fourth-order valence-corrected chi connectivity index (χ4v) is 6.37. The summed E-state index contributed by atoms with van der Waals surface area (Å²) < 4.78 is 30.7. The molecule has 3 heterocycles. The standard InChI is InChI=1S/C36H40FN3O5/c1-23(39-33(41)27-15-31(19-38-18-27)44-30-13-14-43-20-30)24-5-7-25(8-6-24)32(26-9-11-29(37)12-10-26)28-16-36(17-28)21-40(22-36)34(42)45-35(2,3)4/h5-12,15,18-19,23,30H,13-14,16-17,20-22H2,1-4H3,(H,39,41)/t23-,30+/m1/s1. The molecule has 0 unspecified atom stereocenters. The summed E-state index contributed by atoms with van der Waals surface area (Å²) in [5.41, 5.74) is 5.30. The summed E-state index contributed by atoms with van der Waals surface area (Å²) in [7, 11) is 0. The Hall–Kier alpha value is -4.24. The molecule has 1 aliphatic carbocycles. The van der Waals surface area contributed by atoms with Crippen LogP contribution in [0.3, 0.4) is 0 Å². The number of aromatic nitrogens is 1. The first-order chi connectivity index (χ1) is 21.5. The van der Waals surface area contributed by atoms with E-state index in [2.05, 4.69) is 22.4 Å². The van der Waals surface area contributed by atoms with Gasteiger partial charge in [0.1, 0.15) is 23.3 Å². The smallest absolute Gasteiger partial charge is 0.410 e. The molecule has 1 saturated carbocycles. The highest BCUT2D eigenvalue weighted by Crippen LogP contribution is 2.55. The minimum atomic E-state index is -0.519. The largest absolute Gasteiger partial charge is 0.486 e. The maximum Gasteiger partial charge on any atom is 0.410 e. The Bertz CT molecular complexity index is 1570. The van der Waals surface area contributed by atoms with Gasteiger partial charge >= 0.3 is 6.09 Å². The Balaban J connectivity index is 1.14. The van der Waals surface area contributed by atoms with Crippen LogP contribution in [-0.4, -0.2) is 59.9 Å². The van der Waals surface area contributed by atoms with Gasteiger partial charge in [0.05, 0.1) is 31.0 Å². The van der Waals surface area contributed by atoms with Crippen LogP contribution in [0.15, 0.2) is 72.6 Å². The normalized spacial score (nSPS) is 19.4. The zero-order valence-corrected chi connectivity index (χ0v) is 26.3. The SMILES string of the molecule is C[C@@H](NC(=O)c1cncc(O[C@H]2CCOC2)c1)c1ccc(C(=C2CC3(C2)CN(C(=O)OC(C)(C)C)C3)c2ccc(F)cc2)cc1. The van der Waals surface area contributed by atoms with Gasteiger partial charge < -0.3 is 24.4 Å². The lowest BCUT2D eigenvalue weighted by atomic mass is 9.59. The van der Waals surface area contributed by atoms with Gasteiger partial charge in [-0.25, -0.2) is 9.18 Å². The predicted molar refractivity (Wildman–Crippen MR) is 168 cm³/mol. The predicted octanol–water partition coefficient (Wildman–Crippen LogP) is 6.71. The van der Waals surface area contributed by atoms with Crippen molar-refractivity contribution in [3.63, 3.8) is 0 Å². The highest BCUT2D eigenvalue weighted by atomic mass is 19.1. The third-order valence-electron chi connectivity index (χ3n) is 8.58. The number of rotatable bonds is 7. The number of nitrogens with one attached hydrogen (secondary N) is 1. The quantitative estimate of drug-likeness (QED) is 0.319. The number of carbonyl (C=O) groups is 2.